The van der Waals surface area contributed by atoms with Crippen molar-refractivity contribution in [3.63, 3.8) is 0 Å². The molecule has 3 aromatic carbocycles. The van der Waals surface area contributed by atoms with E-state index in [2.05, 4.69) is 10.4 Å². The van der Waals surface area contributed by atoms with Gasteiger partial charge in [0.25, 0.3) is 0 Å². The second kappa shape index (κ2) is 11.0. The summed E-state index contributed by atoms with van der Waals surface area (Å²) in [5.41, 5.74) is 4.53. The van der Waals surface area contributed by atoms with Crippen molar-refractivity contribution in [1.29, 1.82) is 0 Å². The fourth-order valence-electron chi connectivity index (χ4n) is 4.77. The quantitative estimate of drug-likeness (QED) is 0.256. The summed E-state index contributed by atoms with van der Waals surface area (Å²) in [5.74, 6) is -0.599. The standard InChI is InChI=1S/C29H29FN4O5/c1-17-8-11-24-20(12-17)27-21(16-39-24)26(32-33(27)2)28(36)34(14-18-6-4-3-5-7-18)15-25(35)31-23-13-19(29(37)38)9-10-22(23)30/h3-13,28-29,36-38H,14-16H2,1-2H3,(H,31,35). The van der Waals surface area contributed by atoms with Crippen LogP contribution < -0.4 is 10.1 Å². The van der Waals surface area contributed by atoms with Crippen molar-refractivity contribution in [2.24, 2.45) is 7.05 Å². The summed E-state index contributed by atoms with van der Waals surface area (Å²) in [4.78, 5) is 14.6. The molecule has 1 aliphatic rings. The Morgan fingerprint density at radius 1 is 1.13 bits per heavy atom. The predicted octanol–water partition coefficient (Wildman–Crippen LogP) is 3.54. The van der Waals surface area contributed by atoms with Crippen LogP contribution in [0.5, 0.6) is 5.75 Å². The predicted molar refractivity (Wildman–Crippen MR) is 142 cm³/mol. The molecule has 0 spiro atoms. The van der Waals surface area contributed by atoms with Gasteiger partial charge in [-0.15, -0.1) is 0 Å². The van der Waals surface area contributed by atoms with Crippen LogP contribution in [0.15, 0.2) is 66.7 Å². The zero-order valence-electron chi connectivity index (χ0n) is 21.5. The number of halogens is 1. The first-order valence-electron chi connectivity index (χ1n) is 12.4. The fraction of sp³-hybridized carbons (Fsp3) is 0.241. The zero-order chi connectivity index (χ0) is 27.7. The van der Waals surface area contributed by atoms with Gasteiger partial charge >= 0.3 is 0 Å². The molecule has 202 valence electrons. The average Bonchev–Trinajstić information content (AvgIpc) is 3.26. The van der Waals surface area contributed by atoms with Crippen LogP contribution in [0.2, 0.25) is 0 Å². The molecule has 9 nitrogen and oxygen atoms in total. The number of carbonyl (C=O) groups excluding carboxylic acids is 1. The molecular formula is C29H29FN4O5. The molecule has 10 heteroatoms. The number of aryl methyl sites for hydroxylation is 2. The van der Waals surface area contributed by atoms with E-state index in [0.29, 0.717) is 5.69 Å². The summed E-state index contributed by atoms with van der Waals surface area (Å²) >= 11 is 0. The summed E-state index contributed by atoms with van der Waals surface area (Å²) < 4.78 is 22.0. The van der Waals surface area contributed by atoms with Crippen LogP contribution in [0, 0.1) is 12.7 Å². The van der Waals surface area contributed by atoms with E-state index in [4.69, 9.17) is 4.74 Å². The Morgan fingerprint density at radius 2 is 1.90 bits per heavy atom. The Bertz CT molecular complexity index is 1510. The number of aromatic nitrogens is 2. The van der Waals surface area contributed by atoms with E-state index in [-0.39, 0.29) is 30.9 Å². The second-order valence-corrected chi connectivity index (χ2v) is 9.55. The number of anilines is 1. The van der Waals surface area contributed by atoms with Gasteiger partial charge < -0.3 is 25.4 Å². The van der Waals surface area contributed by atoms with E-state index in [0.717, 1.165) is 45.8 Å². The molecule has 0 aliphatic carbocycles. The SMILES string of the molecule is Cc1ccc2c(c1)-c1c(c(C(O)N(CC(=O)Nc3cc(C(O)O)ccc3F)Cc3ccccc3)nn1C)CO2. The molecule has 1 aliphatic heterocycles. The van der Waals surface area contributed by atoms with Gasteiger partial charge in [0, 0.05) is 30.3 Å². The molecule has 0 bridgehead atoms. The maximum Gasteiger partial charge on any atom is 0.238 e. The Kier molecular flexibility index (Phi) is 7.45. The first kappa shape index (κ1) is 26.5. The summed E-state index contributed by atoms with van der Waals surface area (Å²) in [6.07, 6.45) is -3.10. The fourth-order valence-corrected chi connectivity index (χ4v) is 4.77. The normalized spacial score (nSPS) is 13.1. The van der Waals surface area contributed by atoms with Crippen LogP contribution in [0.4, 0.5) is 10.1 Å². The number of nitrogens with zero attached hydrogens (tertiary/aromatic N) is 3. The van der Waals surface area contributed by atoms with E-state index in [9.17, 15) is 24.5 Å². The molecule has 0 saturated carbocycles. The highest BCUT2D eigenvalue weighted by atomic mass is 19.1. The molecule has 4 aromatic rings. The number of amides is 1. The molecule has 1 unspecified atom stereocenters. The molecule has 1 aromatic heterocycles. The summed E-state index contributed by atoms with van der Waals surface area (Å²) in [6.45, 7) is 2.09. The number of fused-ring (bicyclic) bond motifs is 3. The number of aliphatic hydroxyl groups is 3. The smallest absolute Gasteiger partial charge is 0.238 e. The third-order valence-electron chi connectivity index (χ3n) is 6.67. The van der Waals surface area contributed by atoms with Gasteiger partial charge in [-0.1, -0.05) is 48.0 Å². The number of benzene rings is 3. The molecular weight excluding hydrogens is 503 g/mol. The van der Waals surface area contributed by atoms with Gasteiger partial charge in [0.05, 0.1) is 17.9 Å². The second-order valence-electron chi connectivity index (χ2n) is 9.55. The average molecular weight is 533 g/mol. The van der Waals surface area contributed by atoms with Crippen LogP contribution in [-0.2, 0) is 25.0 Å². The van der Waals surface area contributed by atoms with E-state index < -0.39 is 24.2 Å². The third kappa shape index (κ3) is 5.55. The minimum absolute atomic E-state index is 0.0310. The monoisotopic (exact) mass is 532 g/mol. The third-order valence-corrected chi connectivity index (χ3v) is 6.67. The van der Waals surface area contributed by atoms with E-state index in [1.54, 1.807) is 11.7 Å². The lowest BCUT2D eigenvalue weighted by Crippen LogP contribution is -2.36. The zero-order valence-corrected chi connectivity index (χ0v) is 21.5. The summed E-state index contributed by atoms with van der Waals surface area (Å²) in [5, 5.41) is 37.5. The van der Waals surface area contributed by atoms with Crippen LogP contribution in [0.3, 0.4) is 0 Å². The van der Waals surface area contributed by atoms with E-state index in [1.807, 2.05) is 55.5 Å². The minimum Gasteiger partial charge on any atom is -0.488 e. The molecule has 2 heterocycles. The molecule has 39 heavy (non-hydrogen) atoms. The van der Waals surface area contributed by atoms with Gasteiger partial charge in [-0.05, 0) is 36.8 Å². The number of hydrogen-bond donors (Lipinski definition) is 4. The van der Waals surface area contributed by atoms with Gasteiger partial charge in [0.1, 0.15) is 23.9 Å². The summed E-state index contributed by atoms with van der Waals surface area (Å²) in [7, 11) is 1.80. The topological polar surface area (TPSA) is 120 Å². The van der Waals surface area contributed by atoms with Gasteiger partial charge in [-0.25, -0.2) is 4.39 Å². The number of carbonyl (C=O) groups is 1. The van der Waals surface area contributed by atoms with Crippen LogP contribution in [0.1, 0.15) is 40.5 Å². The number of aliphatic hydroxyl groups excluding tert-OH is 2. The Hall–Kier alpha value is -4.09. The van der Waals surface area contributed by atoms with E-state index >= 15 is 0 Å². The van der Waals surface area contributed by atoms with Crippen molar-refractivity contribution in [2.75, 3.05) is 11.9 Å². The van der Waals surface area contributed by atoms with Crippen LogP contribution >= 0.6 is 0 Å². The number of rotatable bonds is 8. The van der Waals surface area contributed by atoms with Crippen molar-refractivity contribution in [1.82, 2.24) is 14.7 Å². The lowest BCUT2D eigenvalue weighted by atomic mass is 10.00. The van der Waals surface area contributed by atoms with Crippen molar-refractivity contribution in [3.05, 3.63) is 100 Å². The Balaban J connectivity index is 1.45. The number of nitrogens with one attached hydrogen (secondary N) is 1. The molecule has 0 saturated heterocycles. The number of ether oxygens (including phenoxy) is 1. The highest BCUT2D eigenvalue weighted by molar-refractivity contribution is 5.92. The first-order chi connectivity index (χ1) is 18.7. The van der Waals surface area contributed by atoms with Crippen LogP contribution in [-0.4, -0.2) is 42.5 Å². The maximum absolute atomic E-state index is 14.4. The lowest BCUT2D eigenvalue weighted by Gasteiger charge is -2.28. The van der Waals surface area contributed by atoms with Gasteiger partial charge in [0.2, 0.25) is 5.91 Å². The Labute approximate surface area is 224 Å². The minimum atomic E-state index is -1.82. The van der Waals surface area contributed by atoms with Crippen molar-refractivity contribution in [2.45, 2.75) is 32.6 Å². The first-order valence-corrected chi connectivity index (χ1v) is 12.4. The maximum atomic E-state index is 14.4. The van der Waals surface area contributed by atoms with Gasteiger partial charge in [0.15, 0.2) is 12.5 Å². The molecule has 1 atom stereocenters. The molecule has 1 amide bonds. The lowest BCUT2D eigenvalue weighted by molar-refractivity contribution is -0.121. The molecule has 4 N–H and O–H groups in total. The van der Waals surface area contributed by atoms with Crippen molar-refractivity contribution >= 4 is 11.6 Å². The molecule has 0 radical (unpaired) electrons. The van der Waals surface area contributed by atoms with Gasteiger partial charge in [-0.3, -0.25) is 14.4 Å². The highest BCUT2D eigenvalue weighted by Crippen LogP contribution is 2.41. The Morgan fingerprint density at radius 3 is 2.64 bits per heavy atom. The highest BCUT2D eigenvalue weighted by Gasteiger charge is 2.32. The largest absolute Gasteiger partial charge is 0.488 e. The van der Waals surface area contributed by atoms with Gasteiger partial charge in [-0.2, -0.15) is 5.10 Å². The summed E-state index contributed by atoms with van der Waals surface area (Å²) in [6, 6.07) is 18.6. The van der Waals surface area contributed by atoms with Crippen molar-refractivity contribution < 1.29 is 29.2 Å². The van der Waals surface area contributed by atoms with Crippen LogP contribution in [0.25, 0.3) is 11.3 Å². The van der Waals surface area contributed by atoms with E-state index in [1.165, 1.54) is 11.0 Å². The molecule has 5 rings (SSSR count). The number of hydrogen-bond acceptors (Lipinski definition) is 7. The van der Waals surface area contributed by atoms with Crippen molar-refractivity contribution in [3.8, 4) is 17.0 Å². The molecule has 0 fully saturated rings.